The van der Waals surface area contributed by atoms with Crippen LogP contribution >= 0.6 is 0 Å². The summed E-state index contributed by atoms with van der Waals surface area (Å²) in [7, 11) is -5.44. The average molecular weight is 616 g/mol. The number of ether oxygens (including phenoxy) is 1. The van der Waals surface area contributed by atoms with Gasteiger partial charge in [0, 0.05) is 43.3 Å². The number of rotatable bonds is 7. The van der Waals surface area contributed by atoms with Crippen molar-refractivity contribution >= 4 is 29.3 Å². The number of nitrogens with zero attached hydrogens (tertiary/aromatic N) is 2. The zero-order chi connectivity index (χ0) is 28.7. The van der Waals surface area contributed by atoms with Gasteiger partial charge in [0.15, 0.2) is 0 Å². The minimum absolute atomic E-state index is 0. The predicted molar refractivity (Wildman–Crippen MR) is 143 cm³/mol. The van der Waals surface area contributed by atoms with Crippen molar-refractivity contribution < 1.29 is 90.3 Å². The molecule has 0 bridgehead atoms. The molecule has 1 saturated heterocycles. The van der Waals surface area contributed by atoms with Crippen LogP contribution in [-0.2, 0) is 21.6 Å². The zero-order valence-corrected chi connectivity index (χ0v) is 26.5. The molecule has 0 spiro atoms. The van der Waals surface area contributed by atoms with Crippen LogP contribution < -0.4 is 60.5 Å². The summed E-state index contributed by atoms with van der Waals surface area (Å²) < 4.78 is 84.8. The first kappa shape index (κ1) is 31.8. The van der Waals surface area contributed by atoms with Crippen LogP contribution in [0, 0.1) is 6.92 Å². The van der Waals surface area contributed by atoms with E-state index in [-0.39, 0.29) is 107 Å². The molecule has 212 valence electrons. The Kier molecular flexibility index (Phi) is 9.81. The van der Waals surface area contributed by atoms with E-state index >= 15 is 0 Å². The predicted octanol–water partition coefficient (Wildman–Crippen LogP) is 2.59. The molecule has 0 aromatic heterocycles. The standard InChI is InChI=1S/C27H26BF4N2O5S.K/c1-18-25(14-19(16-28(29,30)31)15-26(18)39-40(32,36)37)33-10-12-34(13-11-33)27(35)38-17-24-22-8-4-2-6-20(22)21-7-3-5-9-23(21)24;/h2-9,14-15,24H,10-13,16-17H2,1H3;/q-1;+1. The van der Waals surface area contributed by atoms with Crippen LogP contribution in [0.4, 0.5) is 27.3 Å². The Hall–Kier alpha value is -2.10. The van der Waals surface area contributed by atoms with E-state index in [4.69, 9.17) is 4.74 Å². The Morgan fingerprint density at radius 2 is 1.51 bits per heavy atom. The molecule has 14 heteroatoms. The van der Waals surface area contributed by atoms with Crippen LogP contribution in [0.1, 0.15) is 28.2 Å². The summed E-state index contributed by atoms with van der Waals surface area (Å²) in [6.45, 7) is -2.70. The fourth-order valence-electron chi connectivity index (χ4n) is 5.45. The minimum Gasteiger partial charge on any atom is -0.449 e. The Balaban J connectivity index is 0.00000387. The molecule has 1 amide bonds. The quantitative estimate of drug-likeness (QED) is 0.231. The first-order chi connectivity index (χ1) is 18.9. The topological polar surface area (TPSA) is 76.2 Å². The Labute approximate surface area is 278 Å². The van der Waals surface area contributed by atoms with Crippen molar-refractivity contribution in [1.29, 1.82) is 0 Å². The van der Waals surface area contributed by atoms with Gasteiger partial charge >= 0.3 is 75.0 Å². The van der Waals surface area contributed by atoms with Gasteiger partial charge in [-0.2, -0.15) is 8.42 Å². The number of hydrogen-bond donors (Lipinski definition) is 0. The number of anilines is 1. The normalized spacial score (nSPS) is 15.1. The molecule has 0 N–H and O–H groups in total. The fraction of sp³-hybridized carbons (Fsp3) is 0.296. The molecule has 0 atom stereocenters. The van der Waals surface area contributed by atoms with E-state index in [0.717, 1.165) is 28.3 Å². The number of benzene rings is 3. The third-order valence-electron chi connectivity index (χ3n) is 7.26. The molecule has 1 aliphatic carbocycles. The van der Waals surface area contributed by atoms with E-state index in [1.54, 1.807) is 4.90 Å². The maximum atomic E-state index is 13.2. The van der Waals surface area contributed by atoms with Gasteiger partial charge in [0.2, 0.25) is 0 Å². The van der Waals surface area contributed by atoms with E-state index in [1.165, 1.54) is 17.9 Å². The summed E-state index contributed by atoms with van der Waals surface area (Å²) in [6, 6.07) is 18.2. The molecule has 0 radical (unpaired) electrons. The van der Waals surface area contributed by atoms with Gasteiger partial charge in [-0.3, -0.25) is 0 Å². The van der Waals surface area contributed by atoms with Crippen molar-refractivity contribution in [2.45, 2.75) is 19.2 Å². The second-order valence-corrected chi connectivity index (χ2v) is 10.9. The first-order valence-electron chi connectivity index (χ1n) is 12.7. The number of amides is 1. The largest absolute Gasteiger partial charge is 1.00 e. The third-order valence-corrected chi connectivity index (χ3v) is 7.64. The molecular weight excluding hydrogens is 590 g/mol. The van der Waals surface area contributed by atoms with Gasteiger partial charge < -0.3 is 31.7 Å². The summed E-state index contributed by atoms with van der Waals surface area (Å²) in [4.78, 5) is 16.2. The van der Waals surface area contributed by atoms with Crippen molar-refractivity contribution in [2.75, 3.05) is 37.7 Å². The maximum Gasteiger partial charge on any atom is 1.00 e. The van der Waals surface area contributed by atoms with E-state index in [2.05, 4.69) is 4.18 Å². The fourth-order valence-corrected chi connectivity index (χ4v) is 5.84. The van der Waals surface area contributed by atoms with Gasteiger partial charge in [-0.05, 0) is 41.3 Å². The van der Waals surface area contributed by atoms with Crippen LogP contribution in [0.3, 0.4) is 0 Å². The number of hydrogen-bond acceptors (Lipinski definition) is 6. The molecule has 3 aromatic carbocycles. The number of carbonyl (C=O) groups excluding carboxylic acids is 1. The number of fused-ring (bicyclic) bond motifs is 3. The van der Waals surface area contributed by atoms with Crippen molar-refractivity contribution in [2.24, 2.45) is 0 Å². The molecular formula is C27H26BF4KN2O5S. The van der Waals surface area contributed by atoms with Gasteiger partial charge in [0.25, 0.3) is 0 Å². The smallest absolute Gasteiger partial charge is 0.449 e. The number of halogens is 4. The second-order valence-electron chi connectivity index (χ2n) is 9.91. The van der Waals surface area contributed by atoms with E-state index in [9.17, 15) is 30.0 Å². The minimum atomic E-state index is -5.44. The van der Waals surface area contributed by atoms with Crippen LogP contribution in [0.5, 0.6) is 5.75 Å². The summed E-state index contributed by atoms with van der Waals surface area (Å²) in [5.41, 5.74) is 4.61. The zero-order valence-electron chi connectivity index (χ0n) is 22.5. The van der Waals surface area contributed by atoms with E-state index in [1.807, 2.05) is 48.5 Å². The molecule has 1 aliphatic heterocycles. The maximum absolute atomic E-state index is 13.2. The van der Waals surface area contributed by atoms with E-state index in [0.29, 0.717) is 0 Å². The second kappa shape index (κ2) is 12.6. The number of piperazine rings is 1. The third kappa shape index (κ3) is 7.46. The molecule has 1 heterocycles. The molecule has 0 saturated carbocycles. The molecule has 41 heavy (non-hydrogen) atoms. The van der Waals surface area contributed by atoms with Crippen LogP contribution in [-0.4, -0.2) is 59.2 Å². The molecule has 7 nitrogen and oxygen atoms in total. The van der Waals surface area contributed by atoms with Crippen molar-refractivity contribution in [3.63, 3.8) is 0 Å². The molecule has 3 aromatic rings. The summed E-state index contributed by atoms with van der Waals surface area (Å²) >= 11 is 0. The van der Waals surface area contributed by atoms with Gasteiger partial charge in [-0.25, -0.2) is 4.79 Å². The Morgan fingerprint density at radius 3 is 2.05 bits per heavy atom. The monoisotopic (exact) mass is 616 g/mol. The van der Waals surface area contributed by atoms with E-state index < -0.39 is 35.6 Å². The Bertz CT molecular complexity index is 1500. The SMILES string of the molecule is Cc1c(OS(=O)(=O)F)cc(C[B-](F)(F)F)cc1N1CCN(C(=O)OCC2c3ccccc3-c3ccccc32)CC1.[K+]. The molecule has 0 unspecified atom stereocenters. The first-order valence-corrected chi connectivity index (χ1v) is 14.0. The molecule has 5 rings (SSSR count). The van der Waals surface area contributed by atoms with Crippen molar-refractivity contribution in [1.82, 2.24) is 4.90 Å². The van der Waals surface area contributed by atoms with Crippen molar-refractivity contribution in [3.8, 4) is 16.9 Å². The Morgan fingerprint density at radius 1 is 0.951 bits per heavy atom. The number of carbonyl (C=O) groups is 1. The van der Waals surface area contributed by atoms with Crippen LogP contribution in [0.15, 0.2) is 60.7 Å². The summed E-state index contributed by atoms with van der Waals surface area (Å²) in [5, 5.41) is 0. The van der Waals surface area contributed by atoms with Gasteiger partial charge in [-0.1, -0.05) is 64.3 Å². The van der Waals surface area contributed by atoms with Gasteiger partial charge in [-0.15, -0.1) is 0 Å². The molecule has 1 fully saturated rings. The average Bonchev–Trinajstić information content (AvgIpc) is 3.21. The summed E-state index contributed by atoms with van der Waals surface area (Å²) in [6.07, 6.45) is -1.78. The van der Waals surface area contributed by atoms with Crippen LogP contribution in [0.25, 0.3) is 11.1 Å². The van der Waals surface area contributed by atoms with Gasteiger partial charge in [0.1, 0.15) is 12.4 Å². The summed E-state index contributed by atoms with van der Waals surface area (Å²) in [5.74, 6) is -0.600. The van der Waals surface area contributed by atoms with Crippen LogP contribution in [0.2, 0.25) is 0 Å². The van der Waals surface area contributed by atoms with Crippen molar-refractivity contribution in [3.05, 3.63) is 82.9 Å². The van der Waals surface area contributed by atoms with Gasteiger partial charge in [0.05, 0.1) is 0 Å². The molecule has 2 aliphatic rings.